The Morgan fingerprint density at radius 3 is 2.31 bits per heavy atom. The minimum Gasteiger partial charge on any atom is -0.496 e. The Labute approximate surface area is 196 Å². The van der Waals surface area contributed by atoms with Crippen molar-refractivity contribution in [2.45, 2.75) is 25.1 Å². The Balaban J connectivity index is 1.59. The number of carbonyl (C=O) groups is 2. The van der Waals surface area contributed by atoms with Crippen LogP contribution in [0.15, 0.2) is 42.5 Å². The second-order valence-corrected chi connectivity index (χ2v) is 8.54. The van der Waals surface area contributed by atoms with Gasteiger partial charge in [0.15, 0.2) is 11.6 Å². The number of rotatable bonds is 5. The molecule has 4 rings (SSSR count). The predicted molar refractivity (Wildman–Crippen MR) is 113 cm³/mol. The number of hydrogen-bond donors (Lipinski definition) is 2. The second kappa shape index (κ2) is 8.94. The van der Waals surface area contributed by atoms with E-state index in [4.69, 9.17) is 4.74 Å². The minimum absolute atomic E-state index is 0.213. The number of nitrogens with one attached hydrogen (secondary N) is 2. The Kier molecular flexibility index (Phi) is 6.29. The fourth-order valence-electron chi connectivity index (χ4n) is 5.01. The lowest BCUT2D eigenvalue weighted by atomic mass is 9.83. The number of benzene rings is 2. The first-order valence-electron chi connectivity index (χ1n) is 10.6. The molecule has 2 amide bonds. The summed E-state index contributed by atoms with van der Waals surface area (Å²) in [6.07, 6.45) is -3.76. The summed E-state index contributed by atoms with van der Waals surface area (Å²) in [4.78, 5) is 26.1. The standard InChI is InChI=1S/C24H20F6N2O3/c1-10-12-4-5-13(10)21(32-22(33)14-8-17(26)18(27)9-19(14)35-2)20(12)23(34)31-11-3-6-16(25)15(7-11)24(28,29)30/h3,6-9,12-13,20-21H,1,4-5H2,2H3,(H,31,34)(H,32,33)/t12?,13?,20-,21+/m0/s1. The summed E-state index contributed by atoms with van der Waals surface area (Å²) >= 11 is 0. The molecule has 0 saturated heterocycles. The van der Waals surface area contributed by atoms with Crippen molar-refractivity contribution in [2.75, 3.05) is 12.4 Å². The zero-order valence-corrected chi connectivity index (χ0v) is 18.3. The van der Waals surface area contributed by atoms with Gasteiger partial charge >= 0.3 is 6.18 Å². The number of alkyl halides is 3. The summed E-state index contributed by atoms with van der Waals surface area (Å²) in [5.41, 5.74) is -1.36. The highest BCUT2D eigenvalue weighted by atomic mass is 19.4. The molecule has 2 aromatic carbocycles. The van der Waals surface area contributed by atoms with Crippen LogP contribution in [0.4, 0.5) is 32.0 Å². The van der Waals surface area contributed by atoms with E-state index < -0.39 is 53.0 Å². The zero-order valence-electron chi connectivity index (χ0n) is 18.3. The summed E-state index contributed by atoms with van der Waals surface area (Å²) < 4.78 is 85.0. The molecule has 11 heteroatoms. The van der Waals surface area contributed by atoms with E-state index in [1.54, 1.807) is 0 Å². The molecule has 0 aromatic heterocycles. The average Bonchev–Trinajstić information content (AvgIpc) is 3.28. The fraction of sp³-hybridized carbons (Fsp3) is 0.333. The molecule has 2 saturated carbocycles. The molecule has 2 bridgehead atoms. The van der Waals surface area contributed by atoms with Crippen LogP contribution < -0.4 is 15.4 Å². The number of hydrogen-bond acceptors (Lipinski definition) is 3. The molecule has 4 atom stereocenters. The Hall–Kier alpha value is -3.50. The first-order valence-corrected chi connectivity index (χ1v) is 10.6. The molecule has 0 heterocycles. The maximum atomic E-state index is 13.8. The summed E-state index contributed by atoms with van der Waals surface area (Å²) in [6, 6.07) is 2.71. The van der Waals surface area contributed by atoms with E-state index in [-0.39, 0.29) is 28.8 Å². The minimum atomic E-state index is -4.95. The van der Waals surface area contributed by atoms with E-state index in [1.807, 2.05) is 0 Å². The molecular weight excluding hydrogens is 478 g/mol. The smallest absolute Gasteiger partial charge is 0.419 e. The Morgan fingerprint density at radius 2 is 1.66 bits per heavy atom. The molecule has 35 heavy (non-hydrogen) atoms. The highest BCUT2D eigenvalue weighted by molar-refractivity contribution is 5.99. The van der Waals surface area contributed by atoms with Crippen molar-refractivity contribution < 1.29 is 40.7 Å². The van der Waals surface area contributed by atoms with Crippen LogP contribution in [0.2, 0.25) is 0 Å². The lowest BCUT2D eigenvalue weighted by Crippen LogP contribution is -2.48. The molecule has 186 valence electrons. The van der Waals surface area contributed by atoms with Crippen molar-refractivity contribution in [3.8, 4) is 5.75 Å². The predicted octanol–water partition coefficient (Wildman–Crippen LogP) is 5.08. The molecule has 0 aliphatic heterocycles. The molecule has 0 spiro atoms. The van der Waals surface area contributed by atoms with Crippen LogP contribution in [0.5, 0.6) is 5.75 Å². The van der Waals surface area contributed by atoms with Gasteiger partial charge in [-0.3, -0.25) is 9.59 Å². The first-order chi connectivity index (χ1) is 16.4. The zero-order chi connectivity index (χ0) is 25.7. The topological polar surface area (TPSA) is 67.4 Å². The Morgan fingerprint density at radius 1 is 1.00 bits per heavy atom. The number of carbonyl (C=O) groups excluding carboxylic acids is 2. The van der Waals surface area contributed by atoms with Gasteiger partial charge in [-0.25, -0.2) is 13.2 Å². The summed E-state index contributed by atoms with van der Waals surface area (Å²) in [6.45, 7) is 4.00. The van der Waals surface area contributed by atoms with Gasteiger partial charge < -0.3 is 15.4 Å². The Bertz CT molecular complexity index is 1210. The number of anilines is 1. The van der Waals surface area contributed by atoms with Crippen molar-refractivity contribution in [1.82, 2.24) is 5.32 Å². The lowest BCUT2D eigenvalue weighted by molar-refractivity contribution is -0.140. The van der Waals surface area contributed by atoms with Crippen LogP contribution in [-0.2, 0) is 11.0 Å². The number of halogens is 6. The van der Waals surface area contributed by atoms with E-state index >= 15 is 0 Å². The molecule has 0 radical (unpaired) electrons. The van der Waals surface area contributed by atoms with Crippen LogP contribution in [0, 0.1) is 35.2 Å². The van der Waals surface area contributed by atoms with Crippen molar-refractivity contribution in [3.63, 3.8) is 0 Å². The van der Waals surface area contributed by atoms with E-state index in [9.17, 15) is 35.9 Å². The van der Waals surface area contributed by atoms with Crippen molar-refractivity contribution in [2.24, 2.45) is 17.8 Å². The van der Waals surface area contributed by atoms with Crippen molar-refractivity contribution in [1.29, 1.82) is 0 Å². The van der Waals surface area contributed by atoms with Gasteiger partial charge in [-0.05, 0) is 43.0 Å². The van der Waals surface area contributed by atoms with Crippen LogP contribution >= 0.6 is 0 Å². The van der Waals surface area contributed by atoms with Crippen LogP contribution in [-0.4, -0.2) is 25.0 Å². The van der Waals surface area contributed by atoms with Gasteiger partial charge in [0, 0.05) is 23.7 Å². The first kappa shape index (κ1) is 24.6. The number of fused-ring (bicyclic) bond motifs is 2. The summed E-state index contributed by atoms with van der Waals surface area (Å²) in [5, 5.41) is 5.05. The lowest BCUT2D eigenvalue weighted by Gasteiger charge is -2.30. The maximum Gasteiger partial charge on any atom is 0.419 e. The van der Waals surface area contributed by atoms with Gasteiger partial charge in [-0.2, -0.15) is 13.2 Å². The van der Waals surface area contributed by atoms with Crippen LogP contribution in [0.1, 0.15) is 28.8 Å². The average molecular weight is 498 g/mol. The SMILES string of the molecule is C=C1C2CCC1[C@H](C(=O)Nc1ccc(F)c(C(F)(F)F)c1)[C@@H]2NC(=O)c1cc(F)c(F)cc1OC. The third-order valence-electron chi connectivity index (χ3n) is 6.62. The van der Waals surface area contributed by atoms with E-state index in [1.165, 1.54) is 7.11 Å². The second-order valence-electron chi connectivity index (χ2n) is 8.54. The normalized spacial score (nSPS) is 23.3. The molecular formula is C24H20F6N2O3. The molecule has 2 fully saturated rings. The number of ether oxygens (including phenoxy) is 1. The molecule has 5 nitrogen and oxygen atoms in total. The molecule has 2 aliphatic rings. The van der Waals surface area contributed by atoms with Crippen LogP contribution in [0.3, 0.4) is 0 Å². The largest absolute Gasteiger partial charge is 0.496 e. The summed E-state index contributed by atoms with van der Waals surface area (Å²) in [5.74, 6) is -7.19. The van der Waals surface area contributed by atoms with Crippen molar-refractivity contribution in [3.05, 3.63) is 71.1 Å². The molecule has 2 aromatic rings. The van der Waals surface area contributed by atoms with Gasteiger partial charge in [0.25, 0.3) is 5.91 Å². The summed E-state index contributed by atoms with van der Waals surface area (Å²) in [7, 11) is 1.18. The van der Waals surface area contributed by atoms with Crippen molar-refractivity contribution >= 4 is 17.5 Å². The van der Waals surface area contributed by atoms with E-state index in [2.05, 4.69) is 17.2 Å². The molecule has 2 N–H and O–H groups in total. The van der Waals surface area contributed by atoms with E-state index in [0.717, 1.165) is 12.1 Å². The van der Waals surface area contributed by atoms with E-state index in [0.29, 0.717) is 36.6 Å². The highest BCUT2D eigenvalue weighted by Gasteiger charge is 2.54. The third-order valence-corrected chi connectivity index (χ3v) is 6.62. The number of amides is 2. The van der Waals surface area contributed by atoms with Gasteiger partial charge in [0.2, 0.25) is 5.91 Å². The highest BCUT2D eigenvalue weighted by Crippen LogP contribution is 2.52. The quantitative estimate of drug-likeness (QED) is 0.447. The third kappa shape index (κ3) is 4.46. The monoisotopic (exact) mass is 498 g/mol. The molecule has 2 aliphatic carbocycles. The maximum absolute atomic E-state index is 13.8. The van der Waals surface area contributed by atoms with Gasteiger partial charge in [-0.15, -0.1) is 0 Å². The van der Waals surface area contributed by atoms with Gasteiger partial charge in [0.1, 0.15) is 11.6 Å². The molecule has 2 unspecified atom stereocenters. The fourth-order valence-corrected chi connectivity index (χ4v) is 5.01. The van der Waals surface area contributed by atoms with Gasteiger partial charge in [-0.1, -0.05) is 12.2 Å². The van der Waals surface area contributed by atoms with Crippen LogP contribution in [0.25, 0.3) is 0 Å². The van der Waals surface area contributed by atoms with Gasteiger partial charge in [0.05, 0.1) is 24.2 Å². The number of methoxy groups -OCH3 is 1.